The maximum atomic E-state index is 13.6. The second-order valence-electron chi connectivity index (χ2n) is 7.93. The predicted octanol–water partition coefficient (Wildman–Crippen LogP) is 5.01. The van der Waals surface area contributed by atoms with E-state index in [1.165, 1.54) is 22.7 Å². The van der Waals surface area contributed by atoms with Gasteiger partial charge in [0.05, 0.1) is 15.8 Å². The molecular weight excluding hydrogens is 530 g/mol. The first-order valence-electron chi connectivity index (χ1n) is 10.6. The lowest BCUT2D eigenvalue weighted by Crippen LogP contribution is -2.40. The van der Waals surface area contributed by atoms with E-state index < -0.39 is 6.04 Å². The van der Waals surface area contributed by atoms with Crippen molar-refractivity contribution in [2.75, 3.05) is 5.32 Å². The number of aryl methyl sites for hydroxylation is 1. The number of hydrogen-bond donors (Lipinski definition) is 1. The summed E-state index contributed by atoms with van der Waals surface area (Å²) < 4.78 is 3.22. The number of hydrogen-bond acceptors (Lipinski definition) is 5. The van der Waals surface area contributed by atoms with Crippen LogP contribution in [-0.4, -0.2) is 10.5 Å². The summed E-state index contributed by atoms with van der Waals surface area (Å²) in [5.74, 6) is -0.261. The van der Waals surface area contributed by atoms with Gasteiger partial charge in [-0.2, -0.15) is 0 Å². The third-order valence-corrected chi connectivity index (χ3v) is 8.37. The third kappa shape index (κ3) is 4.24. The smallest absolute Gasteiger partial charge is 0.271 e. The second kappa shape index (κ2) is 9.29. The van der Waals surface area contributed by atoms with Gasteiger partial charge >= 0.3 is 0 Å². The Morgan fingerprint density at radius 3 is 2.62 bits per heavy atom. The summed E-state index contributed by atoms with van der Waals surface area (Å²) in [7, 11) is 0. The van der Waals surface area contributed by atoms with Crippen LogP contribution in [0.3, 0.4) is 0 Å². The summed E-state index contributed by atoms with van der Waals surface area (Å²) >= 11 is 6.42. The second-order valence-corrected chi connectivity index (χ2v) is 10.8. The largest absolute Gasteiger partial charge is 0.322 e. The lowest BCUT2D eigenvalue weighted by Gasteiger charge is -2.24. The standard InChI is InChI=1S/C26H20BrN3O2S2/c1-15-10-11-17(13-19(15)27)14-21-25(32)30-23(20-9-6-12-33-20)22(16(2)28-26(30)34-21)24(31)29-18-7-4-3-5-8-18/h3-14,23H,1-2H3,(H,29,31)/b21-14-/t23-/m0/s1. The highest BCUT2D eigenvalue weighted by atomic mass is 79.9. The molecule has 8 heteroatoms. The fraction of sp³-hybridized carbons (Fsp3) is 0.115. The van der Waals surface area contributed by atoms with Crippen molar-refractivity contribution in [2.24, 2.45) is 4.99 Å². The van der Waals surface area contributed by atoms with Gasteiger partial charge in [0.25, 0.3) is 11.5 Å². The molecule has 0 aliphatic carbocycles. The topological polar surface area (TPSA) is 63.5 Å². The fourth-order valence-corrected chi connectivity index (χ4v) is 6.16. The minimum absolute atomic E-state index is 0.156. The molecule has 0 saturated carbocycles. The first-order valence-corrected chi connectivity index (χ1v) is 13.1. The molecule has 0 fully saturated rings. The number of thiazole rings is 1. The number of amides is 1. The number of anilines is 1. The molecule has 1 amide bonds. The molecule has 4 aromatic rings. The average molecular weight is 551 g/mol. The van der Waals surface area contributed by atoms with E-state index in [1.54, 1.807) is 4.57 Å². The Hall–Kier alpha value is -3.07. The number of para-hydroxylation sites is 1. The molecule has 0 saturated heterocycles. The summed E-state index contributed by atoms with van der Waals surface area (Å²) in [6.45, 7) is 3.85. The van der Waals surface area contributed by atoms with Crippen molar-refractivity contribution < 1.29 is 4.79 Å². The lowest BCUT2D eigenvalue weighted by molar-refractivity contribution is -0.113. The van der Waals surface area contributed by atoms with Crippen LogP contribution in [0, 0.1) is 6.92 Å². The highest BCUT2D eigenvalue weighted by molar-refractivity contribution is 9.10. The van der Waals surface area contributed by atoms with Crippen LogP contribution in [-0.2, 0) is 4.79 Å². The highest BCUT2D eigenvalue weighted by Crippen LogP contribution is 2.33. The monoisotopic (exact) mass is 549 g/mol. The van der Waals surface area contributed by atoms with E-state index in [-0.39, 0.29) is 11.5 Å². The van der Waals surface area contributed by atoms with Crippen LogP contribution >= 0.6 is 38.6 Å². The SMILES string of the molecule is CC1=C(C(=O)Nc2ccccc2)[C@H](c2cccs2)n2c(s/c(=C\c3ccc(C)c(Br)c3)c2=O)=N1. The van der Waals surface area contributed by atoms with Gasteiger partial charge in [-0.05, 0) is 60.7 Å². The lowest BCUT2D eigenvalue weighted by atomic mass is 10.0. The number of rotatable bonds is 4. The van der Waals surface area contributed by atoms with E-state index in [4.69, 9.17) is 0 Å². The van der Waals surface area contributed by atoms with Gasteiger partial charge in [0.15, 0.2) is 4.80 Å². The molecule has 2 aromatic carbocycles. The van der Waals surface area contributed by atoms with E-state index >= 15 is 0 Å². The number of thiophene rings is 1. The molecule has 5 rings (SSSR count). The number of nitrogens with zero attached hydrogens (tertiary/aromatic N) is 2. The molecule has 1 atom stereocenters. The minimum Gasteiger partial charge on any atom is -0.322 e. The Balaban J connectivity index is 1.65. The number of nitrogens with one attached hydrogen (secondary N) is 1. The van der Waals surface area contributed by atoms with Crippen LogP contribution in [0.5, 0.6) is 0 Å². The molecule has 170 valence electrons. The van der Waals surface area contributed by atoms with Gasteiger partial charge < -0.3 is 5.32 Å². The number of allylic oxidation sites excluding steroid dienone is 1. The third-order valence-electron chi connectivity index (χ3n) is 5.60. The molecule has 3 heterocycles. The van der Waals surface area contributed by atoms with Crippen LogP contribution in [0.15, 0.2) is 91.6 Å². The van der Waals surface area contributed by atoms with Gasteiger partial charge in [-0.3, -0.25) is 14.2 Å². The summed E-state index contributed by atoms with van der Waals surface area (Å²) in [6.07, 6.45) is 1.88. The van der Waals surface area contributed by atoms with Crippen LogP contribution < -0.4 is 20.2 Å². The van der Waals surface area contributed by atoms with Crippen LogP contribution in [0.25, 0.3) is 6.08 Å². The number of benzene rings is 2. The van der Waals surface area contributed by atoms with Gasteiger partial charge in [0.2, 0.25) is 0 Å². The number of halogens is 1. The van der Waals surface area contributed by atoms with Crippen molar-refractivity contribution in [1.29, 1.82) is 0 Å². The molecule has 1 N–H and O–H groups in total. The van der Waals surface area contributed by atoms with E-state index in [1.807, 2.05) is 86.0 Å². The Labute approximate surface area is 212 Å². The first-order chi connectivity index (χ1) is 16.4. The summed E-state index contributed by atoms with van der Waals surface area (Å²) in [5.41, 5.74) is 3.67. The van der Waals surface area contributed by atoms with Gasteiger partial charge in [0.1, 0.15) is 6.04 Å². The molecular formula is C26H20BrN3O2S2. The van der Waals surface area contributed by atoms with Crippen LogP contribution in [0.2, 0.25) is 0 Å². The van der Waals surface area contributed by atoms with E-state index in [0.717, 1.165) is 20.5 Å². The summed E-state index contributed by atoms with van der Waals surface area (Å²) in [4.78, 5) is 33.2. The zero-order valence-electron chi connectivity index (χ0n) is 18.4. The van der Waals surface area contributed by atoms with Crippen LogP contribution in [0.1, 0.15) is 29.0 Å². The molecule has 5 nitrogen and oxygen atoms in total. The maximum Gasteiger partial charge on any atom is 0.271 e. The van der Waals surface area contributed by atoms with Crippen molar-refractivity contribution in [2.45, 2.75) is 19.9 Å². The van der Waals surface area contributed by atoms with Gasteiger partial charge in [0, 0.05) is 15.0 Å². The molecule has 1 aliphatic heterocycles. The minimum atomic E-state index is -0.535. The molecule has 0 radical (unpaired) electrons. The normalized spacial score (nSPS) is 15.7. The molecule has 0 spiro atoms. The first kappa shape index (κ1) is 22.7. The van der Waals surface area contributed by atoms with Crippen molar-refractivity contribution in [1.82, 2.24) is 4.57 Å². The average Bonchev–Trinajstić information content (AvgIpc) is 3.45. The predicted molar refractivity (Wildman–Crippen MR) is 142 cm³/mol. The Bertz CT molecular complexity index is 1600. The van der Waals surface area contributed by atoms with Gasteiger partial charge in [-0.15, -0.1) is 11.3 Å². The number of carbonyl (C=O) groups excluding carboxylic acids is 1. The molecule has 34 heavy (non-hydrogen) atoms. The van der Waals surface area contributed by atoms with Gasteiger partial charge in [-0.1, -0.05) is 63.7 Å². The molecule has 2 aromatic heterocycles. The zero-order valence-corrected chi connectivity index (χ0v) is 21.6. The Kier molecular flexibility index (Phi) is 6.20. The fourth-order valence-electron chi connectivity index (χ4n) is 3.90. The summed E-state index contributed by atoms with van der Waals surface area (Å²) in [6, 6.07) is 18.6. The van der Waals surface area contributed by atoms with E-state index in [9.17, 15) is 9.59 Å². The molecule has 1 aliphatic rings. The number of carbonyl (C=O) groups is 1. The van der Waals surface area contributed by atoms with Crippen molar-refractivity contribution >= 4 is 56.3 Å². The van der Waals surface area contributed by atoms with Crippen LogP contribution in [0.4, 0.5) is 5.69 Å². The summed E-state index contributed by atoms with van der Waals surface area (Å²) in [5, 5.41) is 4.92. The van der Waals surface area contributed by atoms with Crippen molar-refractivity contribution in [3.8, 4) is 0 Å². The Morgan fingerprint density at radius 2 is 1.91 bits per heavy atom. The van der Waals surface area contributed by atoms with Crippen molar-refractivity contribution in [3.05, 3.63) is 117 Å². The maximum absolute atomic E-state index is 13.6. The highest BCUT2D eigenvalue weighted by Gasteiger charge is 2.33. The van der Waals surface area contributed by atoms with E-state index in [0.29, 0.717) is 26.3 Å². The van der Waals surface area contributed by atoms with Gasteiger partial charge in [-0.25, -0.2) is 4.99 Å². The number of fused-ring (bicyclic) bond motifs is 1. The van der Waals surface area contributed by atoms with E-state index in [2.05, 4.69) is 26.2 Å². The zero-order chi connectivity index (χ0) is 23.8. The quantitative estimate of drug-likeness (QED) is 0.389. The molecule has 0 bridgehead atoms. The Morgan fingerprint density at radius 1 is 1.12 bits per heavy atom. The number of aromatic nitrogens is 1. The van der Waals surface area contributed by atoms with Crippen molar-refractivity contribution in [3.63, 3.8) is 0 Å². The molecule has 0 unspecified atom stereocenters.